The molecule has 2 aromatic rings. The number of aryl methyl sites for hydroxylation is 1. The summed E-state index contributed by atoms with van der Waals surface area (Å²) in [6.07, 6.45) is 1.61. The number of carbonyl (C=O) groups is 1. The van der Waals surface area contributed by atoms with Crippen LogP contribution in [-0.2, 0) is 6.42 Å². The number of aromatic nitrogens is 2. The second kappa shape index (κ2) is 6.45. The number of aromatic amines is 1. The van der Waals surface area contributed by atoms with Crippen LogP contribution in [-0.4, -0.2) is 15.9 Å². The zero-order valence-electron chi connectivity index (χ0n) is 11.6. The summed E-state index contributed by atoms with van der Waals surface area (Å²) in [4.78, 5) is 30.6. The fourth-order valence-electron chi connectivity index (χ4n) is 1.85. The number of nitrogens with one attached hydrogen (secondary N) is 1. The molecule has 0 aliphatic carbocycles. The van der Waals surface area contributed by atoms with Crippen LogP contribution in [0.4, 0.5) is 5.69 Å². The van der Waals surface area contributed by atoms with Crippen molar-refractivity contribution in [2.24, 2.45) is 5.73 Å². The number of benzene rings is 1. The number of nitrogens with zero attached hydrogens (tertiary/aromatic N) is 1. The molecule has 7 heteroatoms. The quantitative estimate of drug-likeness (QED) is 0.572. The van der Waals surface area contributed by atoms with E-state index in [4.69, 9.17) is 11.5 Å². The molecule has 1 aromatic carbocycles. The van der Waals surface area contributed by atoms with Crippen LogP contribution >= 0.6 is 11.8 Å². The first kappa shape index (κ1) is 15.1. The maximum atomic E-state index is 11.6. The summed E-state index contributed by atoms with van der Waals surface area (Å²) in [6.45, 7) is 2.01. The average Bonchev–Trinajstić information content (AvgIpc) is 2.38. The van der Waals surface area contributed by atoms with Crippen molar-refractivity contribution in [3.63, 3.8) is 0 Å². The van der Waals surface area contributed by atoms with Crippen molar-refractivity contribution >= 4 is 23.4 Å². The second-order valence-electron chi connectivity index (χ2n) is 4.51. The first-order valence-electron chi connectivity index (χ1n) is 6.47. The summed E-state index contributed by atoms with van der Waals surface area (Å²) < 4.78 is 0. The monoisotopic (exact) mass is 304 g/mol. The molecule has 0 bridgehead atoms. The fraction of sp³-hybridized carbons (Fsp3) is 0.214. The van der Waals surface area contributed by atoms with E-state index in [0.717, 1.165) is 24.6 Å². The Kier molecular flexibility index (Phi) is 4.64. The van der Waals surface area contributed by atoms with E-state index in [1.807, 2.05) is 6.92 Å². The molecule has 0 aliphatic rings. The Hall–Kier alpha value is -2.28. The third-order valence-corrected chi connectivity index (χ3v) is 3.70. The Balaban J connectivity index is 2.40. The van der Waals surface area contributed by atoms with E-state index in [-0.39, 0.29) is 5.56 Å². The molecule has 1 amide bonds. The Bertz CT molecular complexity index is 727. The Labute approximate surface area is 126 Å². The topological polar surface area (TPSA) is 115 Å². The number of carbonyl (C=O) groups excluding carboxylic acids is 1. The molecule has 0 unspecified atom stereocenters. The average molecular weight is 304 g/mol. The number of hydrogen-bond acceptors (Lipinski definition) is 5. The van der Waals surface area contributed by atoms with Crippen molar-refractivity contribution in [3.8, 4) is 0 Å². The maximum Gasteiger partial charge on any atom is 0.251 e. The number of nitrogen functional groups attached to an aromatic ring is 1. The molecule has 1 aromatic heterocycles. The lowest BCUT2D eigenvalue weighted by Crippen LogP contribution is -2.13. The van der Waals surface area contributed by atoms with E-state index >= 15 is 0 Å². The third-order valence-electron chi connectivity index (χ3n) is 2.76. The molecular formula is C14H16N4O2S. The number of H-pyrrole nitrogens is 1. The fourth-order valence-corrected chi connectivity index (χ4v) is 2.84. The molecule has 5 N–H and O–H groups in total. The molecule has 110 valence electrons. The smallest absolute Gasteiger partial charge is 0.251 e. The molecule has 0 spiro atoms. The Morgan fingerprint density at radius 1 is 1.38 bits per heavy atom. The van der Waals surface area contributed by atoms with Gasteiger partial charge in [-0.25, -0.2) is 4.98 Å². The molecule has 0 radical (unpaired) electrons. The molecule has 0 aliphatic heterocycles. The number of hydrogen-bond donors (Lipinski definition) is 3. The van der Waals surface area contributed by atoms with Crippen LogP contribution in [0.15, 0.2) is 39.1 Å². The lowest BCUT2D eigenvalue weighted by molar-refractivity contribution is 0.0997. The predicted molar refractivity (Wildman–Crippen MR) is 82.3 cm³/mol. The van der Waals surface area contributed by atoms with Crippen LogP contribution in [0.1, 0.15) is 29.4 Å². The molecule has 21 heavy (non-hydrogen) atoms. The second-order valence-corrected chi connectivity index (χ2v) is 5.54. The number of rotatable bonds is 5. The Morgan fingerprint density at radius 3 is 2.81 bits per heavy atom. The first-order chi connectivity index (χ1) is 9.99. The first-order valence-corrected chi connectivity index (χ1v) is 7.28. The van der Waals surface area contributed by atoms with E-state index in [1.165, 1.54) is 6.07 Å². The van der Waals surface area contributed by atoms with Gasteiger partial charge in [0, 0.05) is 22.3 Å². The van der Waals surface area contributed by atoms with Gasteiger partial charge in [-0.05, 0) is 24.6 Å². The SMILES string of the molecule is CCCc1cc(=O)[nH]c(Sc2cc(N)ccc2C(N)=O)n1. The van der Waals surface area contributed by atoms with Crippen LogP contribution in [0.5, 0.6) is 0 Å². The van der Waals surface area contributed by atoms with Gasteiger partial charge in [-0.3, -0.25) is 9.59 Å². The lowest BCUT2D eigenvalue weighted by Gasteiger charge is -2.07. The summed E-state index contributed by atoms with van der Waals surface area (Å²) in [5.74, 6) is -0.551. The normalized spacial score (nSPS) is 10.5. The van der Waals surface area contributed by atoms with E-state index in [2.05, 4.69) is 9.97 Å². The van der Waals surface area contributed by atoms with Crippen molar-refractivity contribution < 1.29 is 4.79 Å². The highest BCUT2D eigenvalue weighted by Gasteiger charge is 2.12. The van der Waals surface area contributed by atoms with Crippen molar-refractivity contribution in [2.45, 2.75) is 29.8 Å². The predicted octanol–water partition coefficient (Wildman–Crippen LogP) is 1.55. The van der Waals surface area contributed by atoms with Crippen molar-refractivity contribution in [1.29, 1.82) is 0 Å². The van der Waals surface area contributed by atoms with Gasteiger partial charge in [0.05, 0.1) is 5.56 Å². The van der Waals surface area contributed by atoms with Crippen LogP contribution < -0.4 is 17.0 Å². The number of primary amides is 1. The van der Waals surface area contributed by atoms with E-state index in [0.29, 0.717) is 27.0 Å². The van der Waals surface area contributed by atoms with E-state index < -0.39 is 5.91 Å². The van der Waals surface area contributed by atoms with Gasteiger partial charge < -0.3 is 16.5 Å². The van der Waals surface area contributed by atoms with Gasteiger partial charge >= 0.3 is 0 Å². The Morgan fingerprint density at radius 2 is 2.14 bits per heavy atom. The van der Waals surface area contributed by atoms with Gasteiger partial charge in [0.1, 0.15) is 0 Å². The van der Waals surface area contributed by atoms with E-state index in [1.54, 1.807) is 18.2 Å². The van der Waals surface area contributed by atoms with Crippen LogP contribution in [0.25, 0.3) is 0 Å². The summed E-state index contributed by atoms with van der Waals surface area (Å²) in [5.41, 5.74) is 12.4. The highest BCUT2D eigenvalue weighted by atomic mass is 32.2. The molecule has 0 fully saturated rings. The zero-order chi connectivity index (χ0) is 15.4. The minimum atomic E-state index is -0.551. The molecule has 0 atom stereocenters. The molecule has 2 rings (SSSR count). The van der Waals surface area contributed by atoms with Gasteiger partial charge in [-0.2, -0.15) is 0 Å². The van der Waals surface area contributed by atoms with Gasteiger partial charge in [-0.15, -0.1) is 0 Å². The molecule has 1 heterocycles. The molecule has 0 saturated carbocycles. The standard InChI is InChI=1S/C14H16N4O2S/c1-2-3-9-7-12(19)18-14(17-9)21-11-6-8(15)4-5-10(11)13(16)20/h4-7H,2-3,15H2,1H3,(H2,16,20)(H,17,18,19). The summed E-state index contributed by atoms with van der Waals surface area (Å²) in [5, 5.41) is 0.416. The highest BCUT2D eigenvalue weighted by molar-refractivity contribution is 7.99. The molecule has 6 nitrogen and oxygen atoms in total. The maximum absolute atomic E-state index is 11.6. The van der Waals surface area contributed by atoms with Gasteiger partial charge in [-0.1, -0.05) is 25.1 Å². The van der Waals surface area contributed by atoms with Crippen molar-refractivity contribution in [2.75, 3.05) is 5.73 Å². The van der Waals surface area contributed by atoms with Crippen LogP contribution in [0.2, 0.25) is 0 Å². The number of amides is 1. The minimum absolute atomic E-state index is 0.222. The van der Waals surface area contributed by atoms with Crippen LogP contribution in [0.3, 0.4) is 0 Å². The van der Waals surface area contributed by atoms with Crippen LogP contribution in [0, 0.1) is 0 Å². The lowest BCUT2D eigenvalue weighted by atomic mass is 10.2. The highest BCUT2D eigenvalue weighted by Crippen LogP contribution is 2.29. The van der Waals surface area contributed by atoms with Crippen molar-refractivity contribution in [1.82, 2.24) is 9.97 Å². The van der Waals surface area contributed by atoms with E-state index in [9.17, 15) is 9.59 Å². The third kappa shape index (κ3) is 3.85. The largest absolute Gasteiger partial charge is 0.399 e. The minimum Gasteiger partial charge on any atom is -0.399 e. The molecule has 0 saturated heterocycles. The zero-order valence-corrected chi connectivity index (χ0v) is 12.4. The summed E-state index contributed by atoms with van der Waals surface area (Å²) in [6, 6.07) is 6.28. The van der Waals surface area contributed by atoms with Gasteiger partial charge in [0.25, 0.3) is 5.56 Å². The summed E-state index contributed by atoms with van der Waals surface area (Å²) >= 11 is 1.16. The molecular weight excluding hydrogens is 288 g/mol. The van der Waals surface area contributed by atoms with Gasteiger partial charge in [0.2, 0.25) is 5.91 Å². The number of anilines is 1. The summed E-state index contributed by atoms with van der Waals surface area (Å²) in [7, 11) is 0. The van der Waals surface area contributed by atoms with Crippen molar-refractivity contribution in [3.05, 3.63) is 45.9 Å². The number of nitrogens with two attached hydrogens (primary N) is 2. The van der Waals surface area contributed by atoms with Gasteiger partial charge in [0.15, 0.2) is 5.16 Å².